The van der Waals surface area contributed by atoms with Gasteiger partial charge in [0.2, 0.25) is 0 Å². The highest BCUT2D eigenvalue weighted by atomic mass is 32.2. The summed E-state index contributed by atoms with van der Waals surface area (Å²) < 4.78 is 4.27. The lowest BCUT2D eigenvalue weighted by Crippen LogP contribution is -2.33. The van der Waals surface area contributed by atoms with Gasteiger partial charge in [-0.25, -0.2) is 4.31 Å². The van der Waals surface area contributed by atoms with Gasteiger partial charge in [-0.15, -0.1) is 0 Å². The summed E-state index contributed by atoms with van der Waals surface area (Å²) in [5.74, 6) is 0.624. The first-order chi connectivity index (χ1) is 15.0. The summed E-state index contributed by atoms with van der Waals surface area (Å²) in [6, 6.07) is 7.27. The van der Waals surface area contributed by atoms with Crippen LogP contribution in [0.15, 0.2) is 29.3 Å². The standard InChI is InChI=1S/C23H32N6OS/c1-24-12-11-21-20(15-30)23(25-17-5-10-22-16(13-17)14-28(4)31-22)26-29(21)19-8-6-18(7-9-19)27(2)3/h5,10-13,15,18-19,24H,6-9,14H2,1-4H3,(H,25,26)/b12-11-. The van der Waals surface area contributed by atoms with Crippen LogP contribution in [-0.4, -0.2) is 59.5 Å². The molecule has 0 spiro atoms. The lowest BCUT2D eigenvalue weighted by atomic mass is 9.90. The number of carbonyl (C=O) groups excluding carboxylic acids is 1. The van der Waals surface area contributed by atoms with E-state index in [1.54, 1.807) is 11.9 Å². The maximum atomic E-state index is 12.1. The molecule has 2 aliphatic rings. The third kappa shape index (κ3) is 4.66. The van der Waals surface area contributed by atoms with Gasteiger partial charge in [0.25, 0.3) is 0 Å². The van der Waals surface area contributed by atoms with Crippen molar-refractivity contribution in [3.63, 3.8) is 0 Å². The fourth-order valence-corrected chi connectivity index (χ4v) is 5.45. The summed E-state index contributed by atoms with van der Waals surface area (Å²) >= 11 is 1.76. The fraction of sp³-hybridized carbons (Fsp3) is 0.478. The highest BCUT2D eigenvalue weighted by Gasteiger charge is 2.28. The molecule has 4 rings (SSSR count). The number of fused-ring (bicyclic) bond motifs is 1. The summed E-state index contributed by atoms with van der Waals surface area (Å²) in [5, 5.41) is 11.4. The SMILES string of the molecule is CN/C=C\c1c(C=O)c(Nc2ccc3c(c2)CN(C)S3)nn1C1CCC(N(C)C)CC1. The van der Waals surface area contributed by atoms with Crippen molar-refractivity contribution in [2.24, 2.45) is 0 Å². The molecule has 31 heavy (non-hydrogen) atoms. The van der Waals surface area contributed by atoms with Gasteiger partial charge in [0.05, 0.1) is 17.3 Å². The molecular weight excluding hydrogens is 408 g/mol. The minimum atomic E-state index is 0.298. The number of aldehydes is 1. The van der Waals surface area contributed by atoms with Crippen LogP contribution in [0, 0.1) is 0 Å². The van der Waals surface area contributed by atoms with Crippen LogP contribution in [0.2, 0.25) is 0 Å². The van der Waals surface area contributed by atoms with Crippen molar-refractivity contribution in [2.75, 3.05) is 33.5 Å². The molecule has 166 valence electrons. The first-order valence-corrected chi connectivity index (χ1v) is 11.6. The van der Waals surface area contributed by atoms with E-state index in [0.717, 1.165) is 49.9 Å². The number of anilines is 2. The Balaban J connectivity index is 1.63. The van der Waals surface area contributed by atoms with E-state index in [1.807, 2.05) is 19.3 Å². The van der Waals surface area contributed by atoms with E-state index < -0.39 is 0 Å². The van der Waals surface area contributed by atoms with Crippen LogP contribution in [0.5, 0.6) is 0 Å². The van der Waals surface area contributed by atoms with E-state index in [-0.39, 0.29) is 0 Å². The molecule has 2 heterocycles. The molecule has 8 heteroatoms. The first-order valence-electron chi connectivity index (χ1n) is 10.9. The molecule has 7 nitrogen and oxygen atoms in total. The lowest BCUT2D eigenvalue weighted by molar-refractivity contribution is 0.112. The number of nitrogens with zero attached hydrogens (tertiary/aromatic N) is 4. The molecular formula is C23H32N6OS. The summed E-state index contributed by atoms with van der Waals surface area (Å²) in [6.45, 7) is 0.912. The smallest absolute Gasteiger partial charge is 0.163 e. The molecule has 0 radical (unpaired) electrons. The summed E-state index contributed by atoms with van der Waals surface area (Å²) in [4.78, 5) is 15.7. The third-order valence-electron chi connectivity index (χ3n) is 6.22. The fourth-order valence-electron chi connectivity index (χ4n) is 4.54. The van der Waals surface area contributed by atoms with Gasteiger partial charge in [-0.1, -0.05) is 0 Å². The Bertz CT molecular complexity index is 961. The van der Waals surface area contributed by atoms with Crippen LogP contribution in [-0.2, 0) is 6.54 Å². The number of nitrogens with one attached hydrogen (secondary N) is 2. The molecule has 0 bridgehead atoms. The number of carbonyl (C=O) groups is 1. The van der Waals surface area contributed by atoms with E-state index in [1.165, 1.54) is 10.5 Å². The van der Waals surface area contributed by atoms with E-state index in [9.17, 15) is 4.79 Å². The van der Waals surface area contributed by atoms with Crippen molar-refractivity contribution in [1.29, 1.82) is 0 Å². The molecule has 1 aliphatic carbocycles. The van der Waals surface area contributed by atoms with Crippen LogP contribution < -0.4 is 10.6 Å². The quantitative estimate of drug-likeness (QED) is 0.496. The van der Waals surface area contributed by atoms with Crippen LogP contribution >= 0.6 is 11.9 Å². The van der Waals surface area contributed by atoms with Gasteiger partial charge in [0.15, 0.2) is 12.1 Å². The van der Waals surface area contributed by atoms with Crippen LogP contribution in [0.4, 0.5) is 11.5 Å². The molecule has 1 saturated carbocycles. The molecule has 0 unspecified atom stereocenters. The second-order valence-corrected chi connectivity index (χ2v) is 9.83. The number of aromatic nitrogens is 2. The second kappa shape index (κ2) is 9.46. The van der Waals surface area contributed by atoms with Gasteiger partial charge in [0.1, 0.15) is 0 Å². The van der Waals surface area contributed by atoms with Crippen molar-refractivity contribution < 1.29 is 4.79 Å². The van der Waals surface area contributed by atoms with E-state index in [4.69, 9.17) is 5.10 Å². The normalized spacial score (nSPS) is 21.6. The number of hydrogen-bond acceptors (Lipinski definition) is 7. The molecule has 0 atom stereocenters. The Morgan fingerprint density at radius 1 is 1.23 bits per heavy atom. The van der Waals surface area contributed by atoms with Gasteiger partial charge in [-0.05, 0) is 94.8 Å². The number of rotatable bonds is 7. The van der Waals surface area contributed by atoms with E-state index >= 15 is 0 Å². The Hall–Kier alpha value is -2.29. The van der Waals surface area contributed by atoms with Gasteiger partial charge >= 0.3 is 0 Å². The van der Waals surface area contributed by atoms with Crippen molar-refractivity contribution in [2.45, 2.75) is 49.2 Å². The zero-order valence-electron chi connectivity index (χ0n) is 18.8. The summed E-state index contributed by atoms with van der Waals surface area (Å²) in [7, 11) is 8.26. The minimum Gasteiger partial charge on any atom is -0.394 e. The highest BCUT2D eigenvalue weighted by Crippen LogP contribution is 2.37. The predicted octanol–water partition coefficient (Wildman–Crippen LogP) is 4.13. The molecule has 1 fully saturated rings. The van der Waals surface area contributed by atoms with E-state index in [2.05, 4.69) is 63.9 Å². The topological polar surface area (TPSA) is 65.4 Å². The summed E-state index contributed by atoms with van der Waals surface area (Å²) in [6.07, 6.45) is 9.13. The van der Waals surface area contributed by atoms with Gasteiger partial charge in [-0.3, -0.25) is 9.48 Å². The zero-order valence-corrected chi connectivity index (χ0v) is 19.6. The Labute approximate surface area is 189 Å². The first kappa shape index (κ1) is 21.9. The Morgan fingerprint density at radius 3 is 2.68 bits per heavy atom. The molecule has 0 saturated heterocycles. The third-order valence-corrected chi connectivity index (χ3v) is 7.26. The minimum absolute atomic E-state index is 0.298. The largest absolute Gasteiger partial charge is 0.394 e. The molecule has 0 amide bonds. The maximum Gasteiger partial charge on any atom is 0.163 e. The average molecular weight is 441 g/mol. The maximum absolute atomic E-state index is 12.1. The van der Waals surface area contributed by atoms with E-state index in [0.29, 0.717) is 23.5 Å². The lowest BCUT2D eigenvalue weighted by Gasteiger charge is -2.33. The molecule has 1 aliphatic heterocycles. The number of benzene rings is 1. The molecule has 1 aromatic heterocycles. The van der Waals surface area contributed by atoms with Crippen molar-refractivity contribution in [3.05, 3.63) is 41.2 Å². The zero-order chi connectivity index (χ0) is 22.0. The number of hydrogen-bond donors (Lipinski definition) is 2. The van der Waals surface area contributed by atoms with Gasteiger partial charge in [0, 0.05) is 30.2 Å². The Kier molecular flexibility index (Phi) is 6.69. The second-order valence-electron chi connectivity index (χ2n) is 8.58. The van der Waals surface area contributed by atoms with Crippen LogP contribution in [0.1, 0.15) is 53.3 Å². The summed E-state index contributed by atoms with van der Waals surface area (Å²) in [5.41, 5.74) is 3.72. The Morgan fingerprint density at radius 2 is 2.00 bits per heavy atom. The molecule has 1 aromatic carbocycles. The highest BCUT2D eigenvalue weighted by molar-refractivity contribution is 7.97. The van der Waals surface area contributed by atoms with Gasteiger partial charge in [-0.2, -0.15) is 5.10 Å². The predicted molar refractivity (Wildman–Crippen MR) is 128 cm³/mol. The van der Waals surface area contributed by atoms with Crippen LogP contribution in [0.3, 0.4) is 0 Å². The van der Waals surface area contributed by atoms with Crippen LogP contribution in [0.25, 0.3) is 6.08 Å². The molecule has 2 N–H and O–H groups in total. The molecule has 2 aromatic rings. The van der Waals surface area contributed by atoms with Crippen molar-refractivity contribution in [1.82, 2.24) is 24.3 Å². The monoisotopic (exact) mass is 440 g/mol. The van der Waals surface area contributed by atoms with Crippen molar-refractivity contribution >= 4 is 35.8 Å². The average Bonchev–Trinajstić information content (AvgIpc) is 3.30. The van der Waals surface area contributed by atoms with Gasteiger partial charge < -0.3 is 15.5 Å². The van der Waals surface area contributed by atoms with Crippen molar-refractivity contribution in [3.8, 4) is 0 Å².